The fraction of sp³-hybridized carbons (Fsp3) is 0.250. The van der Waals surface area contributed by atoms with Gasteiger partial charge in [0.05, 0.1) is 11.1 Å². The number of hydrogen-bond acceptors (Lipinski definition) is 8. The van der Waals surface area contributed by atoms with Crippen LogP contribution in [0.3, 0.4) is 0 Å². The van der Waals surface area contributed by atoms with E-state index in [-0.39, 0.29) is 17.7 Å². The highest BCUT2D eigenvalue weighted by molar-refractivity contribution is 5.90. The lowest BCUT2D eigenvalue weighted by Crippen LogP contribution is -2.40. The standard InChI is InChI=1S/C24H22N2O8/c1-14-12-26(24(31)25-20(14)28)21-18(27)19(34-23(30)16-10-6-3-7-11-16)17(33-21)13-32-22(29)15-8-4-2-5-9-15/h2-12,17-19,21,27H,13H2,1H3,(H,25,28,31). The van der Waals surface area contributed by atoms with Crippen molar-refractivity contribution in [3.63, 3.8) is 0 Å². The van der Waals surface area contributed by atoms with Crippen molar-refractivity contribution < 1.29 is 28.9 Å². The topological polar surface area (TPSA) is 137 Å². The van der Waals surface area contributed by atoms with Crippen LogP contribution in [0.2, 0.25) is 0 Å². The van der Waals surface area contributed by atoms with E-state index in [0.29, 0.717) is 5.56 Å². The number of aliphatic hydroxyl groups is 1. The van der Waals surface area contributed by atoms with Gasteiger partial charge >= 0.3 is 17.6 Å². The first kappa shape index (κ1) is 23.1. The Balaban J connectivity index is 1.59. The lowest BCUT2D eigenvalue weighted by Gasteiger charge is -2.21. The third-order valence-corrected chi connectivity index (χ3v) is 5.37. The van der Waals surface area contributed by atoms with Gasteiger partial charge in [0, 0.05) is 11.8 Å². The van der Waals surface area contributed by atoms with Crippen LogP contribution >= 0.6 is 0 Å². The summed E-state index contributed by atoms with van der Waals surface area (Å²) in [5.41, 5.74) is -0.617. The molecule has 0 amide bonds. The van der Waals surface area contributed by atoms with Crippen molar-refractivity contribution in [2.45, 2.75) is 31.5 Å². The number of H-pyrrole nitrogens is 1. The van der Waals surface area contributed by atoms with Crippen LogP contribution in [0.1, 0.15) is 32.5 Å². The first-order valence-electron chi connectivity index (χ1n) is 10.5. The first-order valence-corrected chi connectivity index (χ1v) is 10.5. The number of carbonyl (C=O) groups excluding carboxylic acids is 2. The number of aryl methyl sites for hydroxylation is 1. The summed E-state index contributed by atoms with van der Waals surface area (Å²) in [5, 5.41) is 10.9. The van der Waals surface area contributed by atoms with Crippen LogP contribution in [-0.4, -0.2) is 51.5 Å². The molecule has 176 valence electrons. The fourth-order valence-electron chi connectivity index (χ4n) is 3.59. The van der Waals surface area contributed by atoms with Gasteiger partial charge in [0.15, 0.2) is 12.3 Å². The van der Waals surface area contributed by atoms with Crippen molar-refractivity contribution in [1.29, 1.82) is 0 Å². The Morgan fingerprint density at radius 3 is 2.21 bits per heavy atom. The average molecular weight is 466 g/mol. The Hall–Kier alpha value is -4.02. The van der Waals surface area contributed by atoms with Gasteiger partial charge in [-0.2, -0.15) is 0 Å². The van der Waals surface area contributed by atoms with Gasteiger partial charge in [-0.3, -0.25) is 14.3 Å². The summed E-state index contributed by atoms with van der Waals surface area (Å²) in [5.74, 6) is -1.36. The van der Waals surface area contributed by atoms with Gasteiger partial charge < -0.3 is 19.3 Å². The number of hydrogen-bond donors (Lipinski definition) is 2. The van der Waals surface area contributed by atoms with E-state index in [1.807, 2.05) is 0 Å². The van der Waals surface area contributed by atoms with Crippen LogP contribution in [0.4, 0.5) is 0 Å². The number of nitrogens with one attached hydrogen (secondary N) is 1. The molecule has 4 rings (SSSR count). The van der Waals surface area contributed by atoms with E-state index in [4.69, 9.17) is 14.2 Å². The molecule has 1 aliphatic rings. The molecular formula is C24H22N2O8. The Morgan fingerprint density at radius 2 is 1.59 bits per heavy atom. The molecule has 1 saturated heterocycles. The maximum absolute atomic E-state index is 12.6. The molecule has 2 aromatic carbocycles. The molecule has 0 bridgehead atoms. The predicted octanol–water partition coefficient (Wildman–Crippen LogP) is 1.19. The van der Waals surface area contributed by atoms with E-state index >= 15 is 0 Å². The van der Waals surface area contributed by atoms with Gasteiger partial charge in [0.2, 0.25) is 0 Å². The molecule has 2 heterocycles. The Bertz CT molecular complexity index is 1290. The molecular weight excluding hydrogens is 444 g/mol. The number of aliphatic hydroxyl groups excluding tert-OH is 1. The summed E-state index contributed by atoms with van der Waals surface area (Å²) >= 11 is 0. The van der Waals surface area contributed by atoms with Crippen LogP contribution in [0.5, 0.6) is 0 Å². The molecule has 34 heavy (non-hydrogen) atoms. The Kier molecular flexibility index (Phi) is 6.71. The molecule has 1 aliphatic heterocycles. The number of aromatic amines is 1. The molecule has 1 aromatic heterocycles. The predicted molar refractivity (Wildman–Crippen MR) is 118 cm³/mol. The van der Waals surface area contributed by atoms with Gasteiger partial charge in [-0.1, -0.05) is 36.4 Å². The molecule has 0 radical (unpaired) electrons. The molecule has 4 unspecified atom stereocenters. The quantitative estimate of drug-likeness (QED) is 0.517. The lowest BCUT2D eigenvalue weighted by molar-refractivity contribution is -0.0614. The second kappa shape index (κ2) is 9.86. The van der Waals surface area contributed by atoms with Crippen LogP contribution in [0.15, 0.2) is 76.4 Å². The number of ether oxygens (including phenoxy) is 3. The van der Waals surface area contributed by atoms with E-state index in [9.17, 15) is 24.3 Å². The second-order valence-corrected chi connectivity index (χ2v) is 7.73. The maximum atomic E-state index is 12.6. The van der Waals surface area contributed by atoms with E-state index in [2.05, 4.69) is 4.98 Å². The molecule has 3 aromatic rings. The summed E-state index contributed by atoms with van der Waals surface area (Å²) in [6, 6.07) is 16.4. The largest absolute Gasteiger partial charge is 0.459 e. The number of benzene rings is 2. The molecule has 10 nitrogen and oxygen atoms in total. The minimum absolute atomic E-state index is 0.215. The van der Waals surface area contributed by atoms with Crippen molar-refractivity contribution >= 4 is 11.9 Å². The third kappa shape index (κ3) is 4.82. The molecule has 4 atom stereocenters. The van der Waals surface area contributed by atoms with E-state index in [1.165, 1.54) is 13.1 Å². The highest BCUT2D eigenvalue weighted by atomic mass is 16.6. The zero-order valence-electron chi connectivity index (χ0n) is 18.1. The van der Waals surface area contributed by atoms with Gasteiger partial charge in [-0.15, -0.1) is 0 Å². The van der Waals surface area contributed by atoms with E-state index in [0.717, 1.165) is 4.57 Å². The zero-order chi connectivity index (χ0) is 24.2. The van der Waals surface area contributed by atoms with Gasteiger partial charge in [0.25, 0.3) is 5.56 Å². The molecule has 2 N–H and O–H groups in total. The van der Waals surface area contributed by atoms with E-state index < -0.39 is 47.7 Å². The van der Waals surface area contributed by atoms with Crippen LogP contribution in [0, 0.1) is 6.92 Å². The van der Waals surface area contributed by atoms with Crippen molar-refractivity contribution in [3.05, 3.63) is 104 Å². The first-order chi connectivity index (χ1) is 16.3. The number of nitrogens with zero attached hydrogens (tertiary/aromatic N) is 1. The van der Waals surface area contributed by atoms with Gasteiger partial charge in [-0.25, -0.2) is 14.4 Å². The van der Waals surface area contributed by atoms with Gasteiger partial charge in [-0.05, 0) is 31.2 Å². The van der Waals surface area contributed by atoms with Crippen molar-refractivity contribution in [3.8, 4) is 0 Å². The molecule has 0 spiro atoms. The summed E-state index contributed by atoms with van der Waals surface area (Å²) < 4.78 is 17.6. The summed E-state index contributed by atoms with van der Waals surface area (Å²) in [4.78, 5) is 51.3. The average Bonchev–Trinajstić information content (AvgIpc) is 3.15. The number of carbonyl (C=O) groups is 2. The molecule has 0 aliphatic carbocycles. The highest BCUT2D eigenvalue weighted by Crippen LogP contribution is 2.31. The number of rotatable bonds is 6. The summed E-state index contributed by atoms with van der Waals surface area (Å²) in [7, 11) is 0. The molecule has 1 fully saturated rings. The normalized spacial score (nSPS) is 21.7. The van der Waals surface area contributed by atoms with Crippen LogP contribution < -0.4 is 11.2 Å². The van der Waals surface area contributed by atoms with Gasteiger partial charge in [0.1, 0.15) is 18.8 Å². The highest BCUT2D eigenvalue weighted by Gasteiger charge is 2.48. The Morgan fingerprint density at radius 1 is 1.00 bits per heavy atom. The smallest absolute Gasteiger partial charge is 0.338 e. The molecule has 0 saturated carbocycles. The van der Waals surface area contributed by atoms with E-state index in [1.54, 1.807) is 60.7 Å². The fourth-order valence-corrected chi connectivity index (χ4v) is 3.59. The Labute approximate surface area is 193 Å². The third-order valence-electron chi connectivity index (χ3n) is 5.37. The second-order valence-electron chi connectivity index (χ2n) is 7.73. The minimum Gasteiger partial charge on any atom is -0.459 e. The van der Waals surface area contributed by atoms with Crippen molar-refractivity contribution in [1.82, 2.24) is 9.55 Å². The van der Waals surface area contributed by atoms with Crippen molar-refractivity contribution in [2.75, 3.05) is 6.61 Å². The SMILES string of the molecule is Cc1cn(C2OC(COC(=O)c3ccccc3)C(OC(=O)c3ccccc3)C2O)c(=O)[nH]c1=O. The van der Waals surface area contributed by atoms with Crippen LogP contribution in [0.25, 0.3) is 0 Å². The maximum Gasteiger partial charge on any atom is 0.338 e. The van der Waals surface area contributed by atoms with Crippen LogP contribution in [-0.2, 0) is 14.2 Å². The zero-order valence-corrected chi connectivity index (χ0v) is 18.1. The number of aromatic nitrogens is 2. The summed E-state index contributed by atoms with van der Waals surface area (Å²) in [6.45, 7) is 1.13. The molecule has 10 heteroatoms. The summed E-state index contributed by atoms with van der Waals surface area (Å²) in [6.07, 6.45) is -3.89. The minimum atomic E-state index is -1.49. The van der Waals surface area contributed by atoms with Crippen molar-refractivity contribution in [2.24, 2.45) is 0 Å². The lowest BCUT2D eigenvalue weighted by atomic mass is 10.1. The number of esters is 2. The monoisotopic (exact) mass is 466 g/mol.